The molecule has 0 bridgehead atoms. The van der Waals surface area contributed by atoms with Gasteiger partial charge in [0.2, 0.25) is 0 Å². The Kier molecular flexibility index (Phi) is 16.3. The summed E-state index contributed by atoms with van der Waals surface area (Å²) < 4.78 is 0. The summed E-state index contributed by atoms with van der Waals surface area (Å²) in [6.45, 7) is 1.27. The summed E-state index contributed by atoms with van der Waals surface area (Å²) in [5, 5.41) is 3.91. The zero-order chi connectivity index (χ0) is 20.2. The second-order valence-electron chi connectivity index (χ2n) is 10.5. The maximum atomic E-state index is 3.91. The van der Waals surface area contributed by atoms with Crippen LogP contribution < -0.4 is 5.32 Å². The van der Waals surface area contributed by atoms with Gasteiger partial charge in [-0.1, -0.05) is 141 Å². The predicted molar refractivity (Wildman–Crippen MR) is 131 cm³/mol. The average Bonchev–Trinajstić information content (AvgIpc) is 2.80. The Morgan fingerprint density at radius 3 is 1.38 bits per heavy atom. The monoisotopic (exact) mass is 405 g/mol. The molecule has 2 saturated carbocycles. The van der Waals surface area contributed by atoms with E-state index < -0.39 is 0 Å². The molecule has 2 aliphatic rings. The van der Waals surface area contributed by atoms with Gasteiger partial charge in [-0.25, -0.2) is 0 Å². The van der Waals surface area contributed by atoms with Crippen LogP contribution >= 0.6 is 0 Å². The van der Waals surface area contributed by atoms with E-state index in [1.54, 1.807) is 0 Å². The van der Waals surface area contributed by atoms with Crippen LogP contribution in [0.3, 0.4) is 0 Å². The predicted octanol–water partition coefficient (Wildman–Crippen LogP) is 9.34. The van der Waals surface area contributed by atoms with Crippen LogP contribution in [0.1, 0.15) is 161 Å². The smallest absolute Gasteiger partial charge is 0.00670 e. The Morgan fingerprint density at radius 2 is 0.828 bits per heavy atom. The van der Waals surface area contributed by atoms with E-state index in [-0.39, 0.29) is 0 Å². The second kappa shape index (κ2) is 18.7. The molecule has 2 rings (SSSR count). The summed E-state index contributed by atoms with van der Waals surface area (Å²) >= 11 is 0. The number of nitrogens with one attached hydrogen (secondary N) is 1. The molecule has 0 saturated heterocycles. The van der Waals surface area contributed by atoms with E-state index in [2.05, 4.69) is 5.32 Å². The molecule has 0 atom stereocenters. The number of rotatable bonds is 9. The first-order valence-corrected chi connectivity index (χ1v) is 14.2. The van der Waals surface area contributed by atoms with Crippen LogP contribution in [0.4, 0.5) is 0 Å². The van der Waals surface area contributed by atoms with Gasteiger partial charge in [0.1, 0.15) is 0 Å². The van der Waals surface area contributed by atoms with E-state index in [1.165, 1.54) is 167 Å². The van der Waals surface area contributed by atoms with E-state index in [0.717, 1.165) is 12.0 Å². The molecule has 0 amide bonds. The van der Waals surface area contributed by atoms with Crippen molar-refractivity contribution in [3.05, 3.63) is 0 Å². The third-order valence-electron chi connectivity index (χ3n) is 7.80. The number of unbranched alkanes of at least 4 members (excludes halogenated alkanes) is 4. The fourth-order valence-electron chi connectivity index (χ4n) is 5.77. The fourth-order valence-corrected chi connectivity index (χ4v) is 5.77. The van der Waals surface area contributed by atoms with Crippen molar-refractivity contribution in [2.75, 3.05) is 6.54 Å². The molecule has 0 aromatic rings. The lowest BCUT2D eigenvalue weighted by Gasteiger charge is -2.20. The molecule has 0 aromatic carbocycles. The van der Waals surface area contributed by atoms with Crippen LogP contribution in [0.2, 0.25) is 0 Å². The summed E-state index contributed by atoms with van der Waals surface area (Å²) in [6, 6.07) is 0.824. The van der Waals surface area contributed by atoms with Gasteiger partial charge in [0, 0.05) is 6.04 Å². The highest BCUT2D eigenvalue weighted by molar-refractivity contribution is 4.69. The SMILES string of the molecule is C1CCCCCC(CCCCCCCNC2CCCCCCCCC2)CCCC1. The normalized spacial score (nSPS) is 22.8. The molecular weight excluding hydrogens is 350 g/mol. The Morgan fingerprint density at radius 1 is 0.414 bits per heavy atom. The van der Waals surface area contributed by atoms with Crippen LogP contribution in [0.15, 0.2) is 0 Å². The molecule has 2 aliphatic carbocycles. The zero-order valence-electron chi connectivity index (χ0n) is 20.0. The molecule has 0 unspecified atom stereocenters. The van der Waals surface area contributed by atoms with E-state index in [4.69, 9.17) is 0 Å². The third-order valence-corrected chi connectivity index (χ3v) is 7.80. The van der Waals surface area contributed by atoms with Gasteiger partial charge in [0.15, 0.2) is 0 Å². The van der Waals surface area contributed by atoms with Gasteiger partial charge < -0.3 is 5.32 Å². The minimum Gasteiger partial charge on any atom is -0.314 e. The molecule has 172 valence electrons. The van der Waals surface area contributed by atoms with Crippen LogP contribution in [0.25, 0.3) is 0 Å². The molecule has 29 heavy (non-hydrogen) atoms. The lowest BCUT2D eigenvalue weighted by atomic mass is 9.90. The topological polar surface area (TPSA) is 12.0 Å². The molecule has 0 radical (unpaired) electrons. The fraction of sp³-hybridized carbons (Fsp3) is 1.00. The first-order chi connectivity index (χ1) is 14.4. The second-order valence-corrected chi connectivity index (χ2v) is 10.5. The van der Waals surface area contributed by atoms with Crippen LogP contribution in [-0.2, 0) is 0 Å². The summed E-state index contributed by atoms with van der Waals surface area (Å²) in [7, 11) is 0. The van der Waals surface area contributed by atoms with Crippen LogP contribution in [0, 0.1) is 5.92 Å². The molecule has 0 heterocycles. The summed E-state index contributed by atoms with van der Waals surface area (Å²) in [6.07, 6.45) is 37.1. The van der Waals surface area contributed by atoms with E-state index in [1.807, 2.05) is 0 Å². The molecule has 1 heteroatoms. The maximum absolute atomic E-state index is 3.91. The Bertz CT molecular complexity index is 317. The largest absolute Gasteiger partial charge is 0.314 e. The number of hydrogen-bond acceptors (Lipinski definition) is 1. The zero-order valence-corrected chi connectivity index (χ0v) is 20.0. The highest BCUT2D eigenvalue weighted by Crippen LogP contribution is 2.25. The summed E-state index contributed by atoms with van der Waals surface area (Å²) in [4.78, 5) is 0. The van der Waals surface area contributed by atoms with Crippen molar-refractivity contribution >= 4 is 0 Å². The first-order valence-electron chi connectivity index (χ1n) is 14.2. The first kappa shape index (κ1) is 25.2. The molecule has 0 aliphatic heterocycles. The Labute approximate surface area is 184 Å². The van der Waals surface area contributed by atoms with Gasteiger partial charge >= 0.3 is 0 Å². The van der Waals surface area contributed by atoms with E-state index >= 15 is 0 Å². The van der Waals surface area contributed by atoms with Crippen molar-refractivity contribution in [2.45, 2.75) is 167 Å². The molecule has 2 fully saturated rings. The minimum absolute atomic E-state index is 0.824. The van der Waals surface area contributed by atoms with Gasteiger partial charge in [0.25, 0.3) is 0 Å². The van der Waals surface area contributed by atoms with Gasteiger partial charge in [-0.05, 0) is 31.7 Å². The Balaban J connectivity index is 1.44. The van der Waals surface area contributed by atoms with Gasteiger partial charge in [-0.2, -0.15) is 0 Å². The highest BCUT2D eigenvalue weighted by atomic mass is 14.9. The van der Waals surface area contributed by atoms with Gasteiger partial charge in [0.05, 0.1) is 0 Å². The highest BCUT2D eigenvalue weighted by Gasteiger charge is 2.10. The molecular formula is C28H55N. The van der Waals surface area contributed by atoms with Gasteiger partial charge in [-0.15, -0.1) is 0 Å². The quantitative estimate of drug-likeness (QED) is 0.377. The average molecular weight is 406 g/mol. The summed E-state index contributed by atoms with van der Waals surface area (Å²) in [5.74, 6) is 1.06. The molecule has 1 N–H and O–H groups in total. The maximum Gasteiger partial charge on any atom is 0.00670 e. The standard InChI is InChI=1S/C28H55N/c1-2-5-10-16-22-27(21-15-9-4-1)23-17-11-8-14-20-26-29-28-24-18-12-6-3-7-13-19-25-28/h27-29H,1-26H2. The van der Waals surface area contributed by atoms with Crippen molar-refractivity contribution in [2.24, 2.45) is 5.92 Å². The van der Waals surface area contributed by atoms with E-state index in [9.17, 15) is 0 Å². The molecule has 0 aromatic heterocycles. The number of hydrogen-bond donors (Lipinski definition) is 1. The lowest BCUT2D eigenvalue weighted by molar-refractivity contribution is 0.370. The lowest BCUT2D eigenvalue weighted by Crippen LogP contribution is -2.30. The third kappa shape index (κ3) is 14.6. The molecule has 0 spiro atoms. The van der Waals surface area contributed by atoms with Crippen LogP contribution in [-0.4, -0.2) is 12.6 Å². The van der Waals surface area contributed by atoms with Crippen molar-refractivity contribution in [1.82, 2.24) is 5.32 Å². The summed E-state index contributed by atoms with van der Waals surface area (Å²) in [5.41, 5.74) is 0. The van der Waals surface area contributed by atoms with Crippen molar-refractivity contribution in [3.8, 4) is 0 Å². The van der Waals surface area contributed by atoms with Crippen molar-refractivity contribution < 1.29 is 0 Å². The minimum atomic E-state index is 0.824. The van der Waals surface area contributed by atoms with Crippen molar-refractivity contribution in [1.29, 1.82) is 0 Å². The van der Waals surface area contributed by atoms with Crippen LogP contribution in [0.5, 0.6) is 0 Å². The van der Waals surface area contributed by atoms with Gasteiger partial charge in [-0.3, -0.25) is 0 Å². The van der Waals surface area contributed by atoms with E-state index in [0.29, 0.717) is 0 Å². The molecule has 1 nitrogen and oxygen atoms in total. The Hall–Kier alpha value is -0.0400. The van der Waals surface area contributed by atoms with Crippen molar-refractivity contribution in [3.63, 3.8) is 0 Å².